The van der Waals surface area contributed by atoms with E-state index in [0.717, 1.165) is 0 Å². The van der Waals surface area contributed by atoms with Gasteiger partial charge in [0.1, 0.15) is 0 Å². The number of carbonyl (C=O) groups excluding carboxylic acids is 3. The number of carbonyl (C=O) groups is 3. The standard InChI is InChI=1S/C6H7NO7S2/c1-15-6(10)14-7-4(8)2-3(5(7)9)16(11,12)13/h3H,2H2,1H3,(H,11,12,13). The van der Waals surface area contributed by atoms with Gasteiger partial charge in [0.15, 0.2) is 5.25 Å². The van der Waals surface area contributed by atoms with E-state index in [9.17, 15) is 22.8 Å². The summed E-state index contributed by atoms with van der Waals surface area (Å²) in [6, 6.07) is 0. The van der Waals surface area contributed by atoms with E-state index in [4.69, 9.17) is 4.55 Å². The highest BCUT2D eigenvalue weighted by atomic mass is 32.2. The first kappa shape index (κ1) is 12.9. The first-order valence-corrected chi connectivity index (χ1v) is 6.59. The molecule has 0 aromatic rings. The monoisotopic (exact) mass is 269 g/mol. The van der Waals surface area contributed by atoms with Gasteiger partial charge in [-0.1, -0.05) is 0 Å². The molecule has 1 aliphatic heterocycles. The molecule has 0 aliphatic carbocycles. The zero-order chi connectivity index (χ0) is 12.5. The summed E-state index contributed by atoms with van der Waals surface area (Å²) in [5.74, 6) is -2.26. The Morgan fingerprint density at radius 3 is 2.50 bits per heavy atom. The van der Waals surface area contributed by atoms with Crippen LogP contribution < -0.4 is 0 Å². The maximum Gasteiger partial charge on any atom is 0.391 e. The highest BCUT2D eigenvalue weighted by molar-refractivity contribution is 8.12. The lowest BCUT2D eigenvalue weighted by molar-refractivity contribution is -0.169. The van der Waals surface area contributed by atoms with Crippen molar-refractivity contribution in [2.75, 3.05) is 6.26 Å². The van der Waals surface area contributed by atoms with E-state index in [1.54, 1.807) is 0 Å². The third kappa shape index (κ3) is 2.51. The van der Waals surface area contributed by atoms with Gasteiger partial charge in [0, 0.05) is 0 Å². The molecule has 1 atom stereocenters. The van der Waals surface area contributed by atoms with Gasteiger partial charge >= 0.3 is 5.30 Å². The van der Waals surface area contributed by atoms with Crippen LogP contribution in [-0.4, -0.2) is 46.7 Å². The highest BCUT2D eigenvalue weighted by Crippen LogP contribution is 2.20. The van der Waals surface area contributed by atoms with Crippen LogP contribution in [0.3, 0.4) is 0 Å². The summed E-state index contributed by atoms with van der Waals surface area (Å²) in [4.78, 5) is 37.5. The zero-order valence-electron chi connectivity index (χ0n) is 7.94. The van der Waals surface area contributed by atoms with Crippen molar-refractivity contribution in [2.45, 2.75) is 11.7 Å². The third-order valence-corrected chi connectivity index (χ3v) is 3.25. The number of hydroxylamine groups is 2. The Bertz CT molecular complexity index is 442. The molecule has 1 unspecified atom stereocenters. The molecule has 0 radical (unpaired) electrons. The van der Waals surface area contributed by atoms with Gasteiger partial charge in [0.25, 0.3) is 21.9 Å². The molecule has 0 spiro atoms. The molecule has 16 heavy (non-hydrogen) atoms. The summed E-state index contributed by atoms with van der Waals surface area (Å²) in [5.41, 5.74) is 0. The molecule has 0 aromatic carbocycles. The summed E-state index contributed by atoms with van der Waals surface area (Å²) >= 11 is 0.605. The van der Waals surface area contributed by atoms with Crippen LogP contribution in [0.15, 0.2) is 0 Å². The quantitative estimate of drug-likeness (QED) is 0.522. The van der Waals surface area contributed by atoms with Crippen LogP contribution in [0.1, 0.15) is 6.42 Å². The third-order valence-electron chi connectivity index (χ3n) is 1.75. The minimum Gasteiger partial charge on any atom is -0.319 e. The average Bonchev–Trinajstić information content (AvgIpc) is 2.44. The molecular formula is C6H7NO7S2. The fourth-order valence-electron chi connectivity index (χ4n) is 1.02. The number of thioether (sulfide) groups is 1. The fourth-order valence-corrected chi connectivity index (χ4v) is 1.88. The summed E-state index contributed by atoms with van der Waals surface area (Å²) in [6.07, 6.45) is 0.618. The van der Waals surface area contributed by atoms with Crippen molar-refractivity contribution in [1.29, 1.82) is 0 Å². The van der Waals surface area contributed by atoms with E-state index in [2.05, 4.69) is 4.84 Å². The van der Waals surface area contributed by atoms with E-state index in [-0.39, 0.29) is 5.06 Å². The summed E-state index contributed by atoms with van der Waals surface area (Å²) < 4.78 is 30.0. The van der Waals surface area contributed by atoms with Crippen molar-refractivity contribution in [3.05, 3.63) is 0 Å². The Balaban J connectivity index is 2.88. The predicted molar refractivity (Wildman–Crippen MR) is 51.8 cm³/mol. The second kappa shape index (κ2) is 4.39. The smallest absolute Gasteiger partial charge is 0.319 e. The SMILES string of the molecule is CSC(=O)ON1C(=O)CC(S(=O)(=O)O)C1=O. The van der Waals surface area contributed by atoms with Crippen LogP contribution >= 0.6 is 11.8 Å². The molecule has 0 bridgehead atoms. The van der Waals surface area contributed by atoms with Gasteiger partial charge in [-0.2, -0.15) is 8.42 Å². The van der Waals surface area contributed by atoms with Crippen LogP contribution in [0.25, 0.3) is 0 Å². The Morgan fingerprint density at radius 1 is 1.56 bits per heavy atom. The van der Waals surface area contributed by atoms with Crippen LogP contribution in [-0.2, 0) is 24.5 Å². The number of hydrogen-bond acceptors (Lipinski definition) is 7. The molecule has 0 saturated carbocycles. The zero-order valence-corrected chi connectivity index (χ0v) is 9.58. The van der Waals surface area contributed by atoms with Crippen LogP contribution in [0, 0.1) is 0 Å². The predicted octanol–water partition coefficient (Wildman–Crippen LogP) is -0.584. The molecular weight excluding hydrogens is 262 g/mol. The molecule has 90 valence electrons. The van der Waals surface area contributed by atoms with E-state index < -0.39 is 38.9 Å². The van der Waals surface area contributed by atoms with Gasteiger partial charge in [-0.05, 0) is 18.0 Å². The summed E-state index contributed by atoms with van der Waals surface area (Å²) in [6.45, 7) is 0. The largest absolute Gasteiger partial charge is 0.391 e. The van der Waals surface area contributed by atoms with Gasteiger partial charge in [-0.15, -0.1) is 5.06 Å². The van der Waals surface area contributed by atoms with E-state index >= 15 is 0 Å². The number of hydrogen-bond donors (Lipinski definition) is 1. The first-order valence-electron chi connectivity index (χ1n) is 3.86. The van der Waals surface area contributed by atoms with Crippen LogP contribution in [0.5, 0.6) is 0 Å². The number of imide groups is 1. The van der Waals surface area contributed by atoms with Crippen molar-refractivity contribution in [3.63, 3.8) is 0 Å². The number of amides is 2. The lowest BCUT2D eigenvalue weighted by atomic mass is 10.4. The topological polar surface area (TPSA) is 118 Å². The molecule has 1 saturated heterocycles. The van der Waals surface area contributed by atoms with E-state index in [0.29, 0.717) is 11.8 Å². The second-order valence-electron chi connectivity index (χ2n) is 2.78. The first-order chi connectivity index (χ1) is 7.27. The van der Waals surface area contributed by atoms with Crippen molar-refractivity contribution in [2.24, 2.45) is 0 Å². The summed E-state index contributed by atoms with van der Waals surface area (Å²) in [7, 11) is -4.67. The maximum absolute atomic E-state index is 11.3. The minimum atomic E-state index is -4.67. The molecule has 1 aliphatic rings. The molecule has 1 N–H and O–H groups in total. The molecule has 1 heterocycles. The lowest BCUT2D eigenvalue weighted by Crippen LogP contribution is -2.35. The van der Waals surface area contributed by atoms with Crippen LogP contribution in [0.4, 0.5) is 4.79 Å². The van der Waals surface area contributed by atoms with Crippen molar-refractivity contribution >= 4 is 39.0 Å². The molecule has 8 nitrogen and oxygen atoms in total. The highest BCUT2D eigenvalue weighted by Gasteiger charge is 2.48. The van der Waals surface area contributed by atoms with Crippen molar-refractivity contribution in [3.8, 4) is 0 Å². The van der Waals surface area contributed by atoms with Crippen molar-refractivity contribution in [1.82, 2.24) is 5.06 Å². The molecule has 1 rings (SSSR count). The number of rotatable bonds is 2. The minimum absolute atomic E-state index is 0.0528. The maximum atomic E-state index is 11.3. The van der Waals surface area contributed by atoms with Crippen molar-refractivity contribution < 1.29 is 32.2 Å². The van der Waals surface area contributed by atoms with E-state index in [1.165, 1.54) is 6.26 Å². The average molecular weight is 269 g/mol. The molecule has 10 heteroatoms. The Labute approximate surface area is 94.6 Å². The van der Waals surface area contributed by atoms with Gasteiger partial charge in [-0.25, -0.2) is 4.79 Å². The second-order valence-corrected chi connectivity index (χ2v) is 5.12. The van der Waals surface area contributed by atoms with Crippen LogP contribution in [0.2, 0.25) is 0 Å². The number of nitrogens with zero attached hydrogens (tertiary/aromatic N) is 1. The fraction of sp³-hybridized carbons (Fsp3) is 0.500. The van der Waals surface area contributed by atoms with Gasteiger partial charge in [0.2, 0.25) is 0 Å². The van der Waals surface area contributed by atoms with Gasteiger partial charge < -0.3 is 4.84 Å². The lowest BCUT2D eigenvalue weighted by Gasteiger charge is -2.11. The van der Waals surface area contributed by atoms with E-state index in [1.807, 2.05) is 0 Å². The summed E-state index contributed by atoms with van der Waals surface area (Å²) in [5, 5.41) is -2.77. The molecule has 0 aromatic heterocycles. The normalized spacial score (nSPS) is 21.4. The molecule has 1 fully saturated rings. The molecule has 2 amide bonds. The van der Waals surface area contributed by atoms with Gasteiger partial charge in [0.05, 0.1) is 6.42 Å². The Kier molecular flexibility index (Phi) is 3.55. The van der Waals surface area contributed by atoms with Gasteiger partial charge in [-0.3, -0.25) is 14.1 Å². The Morgan fingerprint density at radius 2 is 2.12 bits per heavy atom. The Hall–Kier alpha value is -1.13.